The lowest BCUT2D eigenvalue weighted by molar-refractivity contribution is 0.307. The van der Waals surface area contributed by atoms with Crippen molar-refractivity contribution in [2.24, 2.45) is 10.7 Å². The zero-order valence-corrected chi connectivity index (χ0v) is 18.8. The molecule has 0 aliphatic carbocycles. The monoisotopic (exact) mass is 449 g/mol. The van der Waals surface area contributed by atoms with Gasteiger partial charge in [0.25, 0.3) is 0 Å². The lowest BCUT2D eigenvalue weighted by Crippen LogP contribution is -2.35. The smallest absolute Gasteiger partial charge is 0.212 e. The quantitative estimate of drug-likeness (QED) is 0.185. The van der Waals surface area contributed by atoms with E-state index in [4.69, 9.17) is 15.7 Å². The summed E-state index contributed by atoms with van der Waals surface area (Å²) in [7, 11) is 0. The number of ether oxygens (including phenoxy) is 1. The SMILES string of the molecule is C=C/C=C(\C=C/N)N/C(=N\C#N)NCc1ccc(COc2ccccc2-c2ccccc2)cc1. The van der Waals surface area contributed by atoms with Crippen molar-refractivity contribution in [1.82, 2.24) is 10.6 Å². The van der Waals surface area contributed by atoms with Crippen molar-refractivity contribution in [3.05, 3.63) is 127 Å². The Morgan fingerprint density at radius 3 is 2.41 bits per heavy atom. The molecule has 0 saturated carbocycles. The van der Waals surface area contributed by atoms with Crippen LogP contribution in [0.3, 0.4) is 0 Å². The Labute approximate surface area is 200 Å². The maximum absolute atomic E-state index is 8.97. The van der Waals surface area contributed by atoms with Gasteiger partial charge >= 0.3 is 0 Å². The molecular weight excluding hydrogens is 422 g/mol. The molecule has 3 rings (SSSR count). The molecule has 170 valence electrons. The van der Waals surface area contributed by atoms with Gasteiger partial charge in [-0.05, 0) is 41.1 Å². The van der Waals surface area contributed by atoms with E-state index in [0.29, 0.717) is 24.8 Å². The van der Waals surface area contributed by atoms with Gasteiger partial charge in [0, 0.05) is 17.8 Å². The van der Waals surface area contributed by atoms with Gasteiger partial charge in [-0.15, -0.1) is 4.99 Å². The molecule has 0 spiro atoms. The van der Waals surface area contributed by atoms with Gasteiger partial charge in [0.2, 0.25) is 12.2 Å². The van der Waals surface area contributed by atoms with Gasteiger partial charge in [-0.2, -0.15) is 5.26 Å². The molecule has 0 atom stereocenters. The summed E-state index contributed by atoms with van der Waals surface area (Å²) < 4.78 is 6.13. The molecule has 0 saturated heterocycles. The highest BCUT2D eigenvalue weighted by Crippen LogP contribution is 2.30. The van der Waals surface area contributed by atoms with Crippen molar-refractivity contribution < 1.29 is 4.74 Å². The second kappa shape index (κ2) is 12.9. The average Bonchev–Trinajstić information content (AvgIpc) is 2.88. The lowest BCUT2D eigenvalue weighted by Gasteiger charge is -2.13. The molecular formula is C28H27N5O. The summed E-state index contributed by atoms with van der Waals surface area (Å²) in [5, 5.41) is 15.1. The van der Waals surface area contributed by atoms with Gasteiger partial charge in [-0.25, -0.2) is 0 Å². The summed E-state index contributed by atoms with van der Waals surface area (Å²) in [6.07, 6.45) is 8.18. The number of para-hydroxylation sites is 1. The number of nitrogens with two attached hydrogens (primary N) is 1. The van der Waals surface area contributed by atoms with Crippen LogP contribution in [0.5, 0.6) is 5.75 Å². The molecule has 0 unspecified atom stereocenters. The largest absolute Gasteiger partial charge is 0.488 e. The third-order valence-corrected chi connectivity index (χ3v) is 4.85. The molecule has 0 aromatic heterocycles. The van der Waals surface area contributed by atoms with Gasteiger partial charge < -0.3 is 21.1 Å². The summed E-state index contributed by atoms with van der Waals surface area (Å²) >= 11 is 0. The lowest BCUT2D eigenvalue weighted by atomic mass is 10.0. The maximum Gasteiger partial charge on any atom is 0.212 e. The topological polar surface area (TPSA) is 95.5 Å². The van der Waals surface area contributed by atoms with Crippen molar-refractivity contribution in [3.63, 3.8) is 0 Å². The van der Waals surface area contributed by atoms with Crippen LogP contribution < -0.4 is 21.1 Å². The van der Waals surface area contributed by atoms with Crippen molar-refractivity contribution in [2.45, 2.75) is 13.2 Å². The fourth-order valence-electron chi connectivity index (χ4n) is 3.22. The molecule has 34 heavy (non-hydrogen) atoms. The van der Waals surface area contributed by atoms with Gasteiger partial charge in [0.05, 0.1) is 0 Å². The number of nitriles is 1. The number of rotatable bonds is 9. The molecule has 0 amide bonds. The number of guanidine groups is 1. The highest BCUT2D eigenvalue weighted by molar-refractivity contribution is 5.82. The fraction of sp³-hybridized carbons (Fsp3) is 0.0714. The van der Waals surface area contributed by atoms with E-state index in [1.165, 1.54) is 6.20 Å². The van der Waals surface area contributed by atoms with E-state index < -0.39 is 0 Å². The number of aliphatic imine (C=N–C) groups is 1. The second-order valence-electron chi connectivity index (χ2n) is 7.22. The Balaban J connectivity index is 1.60. The standard InChI is InChI=1S/C28H27N5O/c1-2-8-25(17-18-29)33-28(32-21-30)31-19-22-13-15-23(16-14-22)20-34-27-12-7-6-11-26(27)24-9-4-3-5-10-24/h2-18H,1,19-20,29H2,(H2,31,32,33)/b18-17-,25-8+. The minimum absolute atomic E-state index is 0.318. The third-order valence-electron chi connectivity index (χ3n) is 4.85. The van der Waals surface area contributed by atoms with Crippen molar-refractivity contribution in [2.75, 3.05) is 0 Å². The predicted molar refractivity (Wildman–Crippen MR) is 137 cm³/mol. The average molecular weight is 450 g/mol. The number of benzene rings is 3. The van der Waals surface area contributed by atoms with E-state index in [0.717, 1.165) is 28.0 Å². The molecule has 6 nitrogen and oxygen atoms in total. The van der Waals surface area contributed by atoms with E-state index in [1.807, 2.05) is 60.7 Å². The first-order valence-electron chi connectivity index (χ1n) is 10.8. The molecule has 0 radical (unpaired) electrons. The number of nitrogens with one attached hydrogen (secondary N) is 2. The molecule has 3 aromatic carbocycles. The van der Waals surface area contributed by atoms with Crippen LogP contribution >= 0.6 is 0 Å². The summed E-state index contributed by atoms with van der Waals surface area (Å²) in [6.45, 7) is 4.61. The minimum atomic E-state index is 0.318. The molecule has 4 N–H and O–H groups in total. The number of allylic oxidation sites excluding steroid dienone is 3. The van der Waals surface area contributed by atoms with Crippen molar-refractivity contribution in [3.8, 4) is 23.1 Å². The highest BCUT2D eigenvalue weighted by atomic mass is 16.5. The number of hydrogen-bond donors (Lipinski definition) is 3. The van der Waals surface area contributed by atoms with Gasteiger partial charge in [-0.3, -0.25) is 0 Å². The molecule has 3 aromatic rings. The van der Waals surface area contributed by atoms with Crippen molar-refractivity contribution in [1.29, 1.82) is 5.26 Å². The summed E-state index contributed by atoms with van der Waals surface area (Å²) in [5.74, 6) is 1.16. The van der Waals surface area contributed by atoms with Crippen molar-refractivity contribution >= 4 is 5.96 Å². The van der Waals surface area contributed by atoms with E-state index in [9.17, 15) is 0 Å². The molecule has 0 bridgehead atoms. The first-order valence-corrected chi connectivity index (χ1v) is 10.8. The predicted octanol–water partition coefficient (Wildman–Crippen LogP) is 4.99. The Hall–Kier alpha value is -4.76. The Kier molecular flexibility index (Phi) is 9.09. The van der Waals surface area contributed by atoms with Crippen LogP contribution in [0.2, 0.25) is 0 Å². The van der Waals surface area contributed by atoms with Gasteiger partial charge in [0.15, 0.2) is 0 Å². The molecule has 0 heterocycles. The van der Waals surface area contributed by atoms with Crippen LogP contribution in [-0.2, 0) is 13.2 Å². The minimum Gasteiger partial charge on any atom is -0.488 e. The fourth-order valence-corrected chi connectivity index (χ4v) is 3.22. The van der Waals surface area contributed by atoms with E-state index in [-0.39, 0.29) is 0 Å². The second-order valence-corrected chi connectivity index (χ2v) is 7.22. The first-order chi connectivity index (χ1) is 16.7. The van der Waals surface area contributed by atoms with Crippen LogP contribution in [0.1, 0.15) is 11.1 Å². The first kappa shape index (κ1) is 23.9. The molecule has 0 aliphatic heterocycles. The molecule has 0 fully saturated rings. The number of hydrogen-bond acceptors (Lipinski definition) is 4. The molecule has 0 aliphatic rings. The van der Waals surface area contributed by atoms with Gasteiger partial charge in [-0.1, -0.05) is 85.5 Å². The summed E-state index contributed by atoms with van der Waals surface area (Å²) in [6, 6.07) is 26.3. The normalized spacial score (nSPS) is 11.6. The van der Waals surface area contributed by atoms with Crippen LogP contribution in [0.25, 0.3) is 11.1 Å². The zero-order valence-electron chi connectivity index (χ0n) is 18.8. The third kappa shape index (κ3) is 7.14. The van der Waals surface area contributed by atoms with E-state index in [1.54, 1.807) is 24.4 Å². The summed E-state index contributed by atoms with van der Waals surface area (Å²) in [4.78, 5) is 3.79. The Morgan fingerprint density at radius 1 is 1.00 bits per heavy atom. The van der Waals surface area contributed by atoms with E-state index in [2.05, 4.69) is 40.4 Å². The van der Waals surface area contributed by atoms with Crippen LogP contribution in [0.15, 0.2) is 121 Å². The zero-order chi connectivity index (χ0) is 24.0. The Bertz CT molecular complexity index is 1210. The van der Waals surface area contributed by atoms with E-state index >= 15 is 0 Å². The van der Waals surface area contributed by atoms with Crippen LogP contribution in [-0.4, -0.2) is 5.96 Å². The maximum atomic E-state index is 8.97. The Morgan fingerprint density at radius 2 is 1.71 bits per heavy atom. The highest BCUT2D eigenvalue weighted by Gasteiger charge is 2.06. The van der Waals surface area contributed by atoms with Gasteiger partial charge in [0.1, 0.15) is 12.4 Å². The molecule has 6 heteroatoms. The number of nitrogens with zero attached hydrogens (tertiary/aromatic N) is 2. The van der Waals surface area contributed by atoms with Crippen LogP contribution in [0, 0.1) is 11.5 Å². The summed E-state index contributed by atoms with van der Waals surface area (Å²) in [5.41, 5.74) is 10.4. The van der Waals surface area contributed by atoms with Crippen LogP contribution in [0.4, 0.5) is 0 Å².